The van der Waals surface area contributed by atoms with Crippen molar-refractivity contribution in [3.8, 4) is 0 Å². The first-order valence-electron chi connectivity index (χ1n) is 8.20. The van der Waals surface area contributed by atoms with E-state index in [4.69, 9.17) is 10.5 Å². The summed E-state index contributed by atoms with van der Waals surface area (Å²) in [7, 11) is 0. The number of halogens is 1. The van der Waals surface area contributed by atoms with Gasteiger partial charge in [0.05, 0.1) is 11.3 Å². The lowest BCUT2D eigenvalue weighted by molar-refractivity contribution is 0.0473. The van der Waals surface area contributed by atoms with Gasteiger partial charge in [-0.1, -0.05) is 24.3 Å². The van der Waals surface area contributed by atoms with Crippen molar-refractivity contribution in [2.75, 3.05) is 5.32 Å². The molecule has 0 atom stereocenters. The zero-order chi connectivity index (χ0) is 19.2. The average molecular weight is 364 g/mol. The topological polar surface area (TPSA) is 81.4 Å². The smallest absolute Gasteiger partial charge is 0.340 e. The van der Waals surface area contributed by atoms with Crippen molar-refractivity contribution in [1.29, 1.82) is 0 Å². The van der Waals surface area contributed by atoms with Crippen molar-refractivity contribution in [2.45, 2.75) is 6.61 Å². The number of para-hydroxylation sites is 1. The van der Waals surface area contributed by atoms with Gasteiger partial charge in [0, 0.05) is 11.3 Å². The van der Waals surface area contributed by atoms with E-state index in [0.717, 1.165) is 5.56 Å². The summed E-state index contributed by atoms with van der Waals surface area (Å²) < 4.78 is 18.4. The van der Waals surface area contributed by atoms with Crippen molar-refractivity contribution >= 4 is 23.3 Å². The number of primary amides is 1. The number of nitrogens with one attached hydrogen (secondary N) is 1. The van der Waals surface area contributed by atoms with Crippen LogP contribution in [0.2, 0.25) is 0 Å². The Morgan fingerprint density at radius 3 is 2.26 bits per heavy atom. The van der Waals surface area contributed by atoms with Gasteiger partial charge in [-0.25, -0.2) is 9.18 Å². The van der Waals surface area contributed by atoms with Crippen molar-refractivity contribution in [1.82, 2.24) is 0 Å². The molecular weight excluding hydrogens is 347 g/mol. The Morgan fingerprint density at radius 2 is 1.59 bits per heavy atom. The summed E-state index contributed by atoms with van der Waals surface area (Å²) in [5, 5.41) is 3.08. The zero-order valence-corrected chi connectivity index (χ0v) is 14.3. The van der Waals surface area contributed by atoms with Crippen LogP contribution in [0.3, 0.4) is 0 Å². The molecule has 0 radical (unpaired) electrons. The van der Waals surface area contributed by atoms with Gasteiger partial charge in [-0.3, -0.25) is 4.79 Å². The fourth-order valence-electron chi connectivity index (χ4n) is 2.45. The van der Waals surface area contributed by atoms with E-state index >= 15 is 0 Å². The first kappa shape index (κ1) is 18.1. The molecule has 0 aliphatic carbocycles. The van der Waals surface area contributed by atoms with E-state index in [1.807, 2.05) is 0 Å². The van der Waals surface area contributed by atoms with Gasteiger partial charge in [-0.05, 0) is 54.1 Å². The molecule has 0 spiro atoms. The molecular formula is C21H17FN2O3. The largest absolute Gasteiger partial charge is 0.457 e. The average Bonchev–Trinajstić information content (AvgIpc) is 2.68. The molecule has 3 N–H and O–H groups in total. The monoisotopic (exact) mass is 364 g/mol. The number of carbonyl (C=O) groups is 2. The molecule has 6 heteroatoms. The van der Waals surface area contributed by atoms with Crippen LogP contribution in [-0.4, -0.2) is 11.9 Å². The van der Waals surface area contributed by atoms with Gasteiger partial charge in [-0.2, -0.15) is 0 Å². The van der Waals surface area contributed by atoms with E-state index in [1.54, 1.807) is 60.7 Å². The number of nitrogens with two attached hydrogens (primary N) is 1. The van der Waals surface area contributed by atoms with E-state index in [-0.39, 0.29) is 12.4 Å². The van der Waals surface area contributed by atoms with E-state index in [9.17, 15) is 14.0 Å². The molecule has 0 aromatic heterocycles. The van der Waals surface area contributed by atoms with Crippen LogP contribution in [0.15, 0.2) is 72.8 Å². The highest BCUT2D eigenvalue weighted by Gasteiger charge is 2.13. The number of hydrogen-bond donors (Lipinski definition) is 2. The Bertz CT molecular complexity index is 954. The van der Waals surface area contributed by atoms with Crippen LogP contribution in [0, 0.1) is 5.82 Å². The standard InChI is InChI=1S/C21H17FN2O3/c22-16-9-11-17(12-10-16)24-19-4-2-1-3-18(19)21(26)27-13-14-5-7-15(8-6-14)20(23)25/h1-12,24H,13H2,(H2,23,25). The summed E-state index contributed by atoms with van der Waals surface area (Å²) in [6.07, 6.45) is 0. The summed E-state index contributed by atoms with van der Waals surface area (Å²) in [4.78, 5) is 23.5. The van der Waals surface area contributed by atoms with Crippen molar-refractivity contribution in [3.63, 3.8) is 0 Å². The van der Waals surface area contributed by atoms with Crippen LogP contribution in [0.25, 0.3) is 0 Å². The number of hydrogen-bond acceptors (Lipinski definition) is 4. The minimum atomic E-state index is -0.515. The molecule has 0 heterocycles. The van der Waals surface area contributed by atoms with Crippen LogP contribution in [0.4, 0.5) is 15.8 Å². The number of rotatable bonds is 6. The summed E-state index contributed by atoms with van der Waals surface area (Å²) in [6, 6.07) is 19.2. The van der Waals surface area contributed by atoms with Crippen molar-refractivity contribution < 1.29 is 18.7 Å². The molecule has 5 nitrogen and oxygen atoms in total. The Balaban J connectivity index is 1.69. The summed E-state index contributed by atoms with van der Waals surface area (Å²) in [6.45, 7) is 0.0583. The van der Waals surface area contributed by atoms with Gasteiger partial charge in [0.15, 0.2) is 0 Å². The van der Waals surface area contributed by atoms with Gasteiger partial charge in [0.25, 0.3) is 0 Å². The molecule has 0 aliphatic rings. The van der Waals surface area contributed by atoms with Crippen LogP contribution in [0.1, 0.15) is 26.3 Å². The maximum absolute atomic E-state index is 13.0. The highest BCUT2D eigenvalue weighted by atomic mass is 19.1. The van der Waals surface area contributed by atoms with Crippen LogP contribution >= 0.6 is 0 Å². The first-order chi connectivity index (χ1) is 13.0. The fourth-order valence-corrected chi connectivity index (χ4v) is 2.45. The van der Waals surface area contributed by atoms with Gasteiger partial charge in [-0.15, -0.1) is 0 Å². The summed E-state index contributed by atoms with van der Waals surface area (Å²) in [5.41, 5.74) is 7.88. The van der Waals surface area contributed by atoms with Crippen molar-refractivity contribution in [2.24, 2.45) is 5.73 Å². The number of carbonyl (C=O) groups excluding carboxylic acids is 2. The molecule has 0 aliphatic heterocycles. The minimum Gasteiger partial charge on any atom is -0.457 e. The number of amides is 1. The second-order valence-corrected chi connectivity index (χ2v) is 5.81. The van der Waals surface area contributed by atoms with Crippen LogP contribution < -0.4 is 11.1 Å². The van der Waals surface area contributed by atoms with E-state index < -0.39 is 11.9 Å². The third-order valence-electron chi connectivity index (χ3n) is 3.88. The van der Waals surface area contributed by atoms with Crippen LogP contribution in [-0.2, 0) is 11.3 Å². The normalized spacial score (nSPS) is 10.3. The SMILES string of the molecule is NC(=O)c1ccc(COC(=O)c2ccccc2Nc2ccc(F)cc2)cc1. The number of anilines is 2. The Kier molecular flexibility index (Phi) is 5.47. The van der Waals surface area contributed by atoms with Gasteiger partial charge >= 0.3 is 5.97 Å². The summed E-state index contributed by atoms with van der Waals surface area (Å²) >= 11 is 0. The molecule has 1 amide bonds. The maximum atomic E-state index is 13.0. The lowest BCUT2D eigenvalue weighted by Crippen LogP contribution is -2.11. The molecule has 0 saturated heterocycles. The fraction of sp³-hybridized carbons (Fsp3) is 0.0476. The highest BCUT2D eigenvalue weighted by molar-refractivity contribution is 5.96. The molecule has 3 aromatic rings. The van der Waals surface area contributed by atoms with Gasteiger partial charge in [0.2, 0.25) is 5.91 Å². The maximum Gasteiger partial charge on any atom is 0.340 e. The van der Waals surface area contributed by atoms with Gasteiger partial charge in [0.1, 0.15) is 12.4 Å². The first-order valence-corrected chi connectivity index (χ1v) is 8.20. The Hall–Kier alpha value is -3.67. The van der Waals surface area contributed by atoms with E-state index in [2.05, 4.69) is 5.32 Å². The lowest BCUT2D eigenvalue weighted by atomic mass is 10.1. The molecule has 0 saturated carbocycles. The third kappa shape index (κ3) is 4.70. The molecule has 27 heavy (non-hydrogen) atoms. The van der Waals surface area contributed by atoms with Crippen molar-refractivity contribution in [3.05, 3.63) is 95.3 Å². The van der Waals surface area contributed by atoms with Crippen LogP contribution in [0.5, 0.6) is 0 Å². The Morgan fingerprint density at radius 1 is 0.926 bits per heavy atom. The molecule has 136 valence electrons. The number of benzene rings is 3. The predicted octanol–water partition coefficient (Wildman–Crippen LogP) is 4.03. The third-order valence-corrected chi connectivity index (χ3v) is 3.88. The molecule has 0 bridgehead atoms. The second kappa shape index (κ2) is 8.14. The zero-order valence-electron chi connectivity index (χ0n) is 14.3. The quantitative estimate of drug-likeness (QED) is 0.647. The summed E-state index contributed by atoms with van der Waals surface area (Å²) in [5.74, 6) is -1.35. The molecule has 3 rings (SSSR count). The van der Waals surface area contributed by atoms with Gasteiger partial charge < -0.3 is 15.8 Å². The molecule has 0 unspecified atom stereocenters. The van der Waals surface area contributed by atoms with E-state index in [0.29, 0.717) is 22.5 Å². The molecule has 0 fully saturated rings. The van der Waals surface area contributed by atoms with E-state index in [1.165, 1.54) is 12.1 Å². The number of esters is 1. The second-order valence-electron chi connectivity index (χ2n) is 5.81. The Labute approximate surface area is 155 Å². The molecule has 3 aromatic carbocycles. The predicted molar refractivity (Wildman–Crippen MR) is 100 cm³/mol. The minimum absolute atomic E-state index is 0.0583. The lowest BCUT2D eigenvalue weighted by Gasteiger charge is -2.12. The highest BCUT2D eigenvalue weighted by Crippen LogP contribution is 2.22. The number of ether oxygens (including phenoxy) is 1.